The lowest BCUT2D eigenvalue weighted by molar-refractivity contribution is 0.0925. The lowest BCUT2D eigenvalue weighted by Crippen LogP contribution is -2.46. The monoisotopic (exact) mass is 345 g/mol. The molecule has 1 saturated heterocycles. The van der Waals surface area contributed by atoms with E-state index in [0.717, 1.165) is 42.0 Å². The topological polar surface area (TPSA) is 46.1 Å². The van der Waals surface area contributed by atoms with Crippen molar-refractivity contribution < 1.29 is 4.79 Å². The zero-order chi connectivity index (χ0) is 17.3. The maximum atomic E-state index is 12.7. The molecule has 2 aromatic rings. The first-order valence-electron chi connectivity index (χ1n) is 8.45. The fraction of sp³-hybridized carbons (Fsp3) is 0.421. The third-order valence-corrected chi connectivity index (χ3v) is 4.97. The van der Waals surface area contributed by atoms with Gasteiger partial charge in [-0.05, 0) is 70.5 Å². The Balaban J connectivity index is 1.83. The summed E-state index contributed by atoms with van der Waals surface area (Å²) in [6.45, 7) is 7.12. The summed E-state index contributed by atoms with van der Waals surface area (Å²) in [4.78, 5) is 12.7. The van der Waals surface area contributed by atoms with Gasteiger partial charge in [-0.3, -0.25) is 4.79 Å². The molecule has 2 unspecified atom stereocenters. The van der Waals surface area contributed by atoms with Gasteiger partial charge < -0.3 is 15.2 Å². The summed E-state index contributed by atoms with van der Waals surface area (Å²) in [5.41, 5.74) is 3.76. The van der Waals surface area contributed by atoms with Crippen LogP contribution in [0.4, 0.5) is 0 Å². The van der Waals surface area contributed by atoms with Gasteiger partial charge in [-0.1, -0.05) is 11.6 Å². The minimum Gasteiger partial charge on any atom is -0.349 e. The maximum absolute atomic E-state index is 12.7. The summed E-state index contributed by atoms with van der Waals surface area (Å²) in [5.74, 6) is 0.0161. The number of nitrogens with one attached hydrogen (secondary N) is 2. The normalized spacial score (nSPS) is 20.8. The number of nitrogens with zero attached hydrogens (tertiary/aromatic N) is 1. The lowest BCUT2D eigenvalue weighted by atomic mass is 10.0. The van der Waals surface area contributed by atoms with Gasteiger partial charge in [-0.15, -0.1) is 0 Å². The summed E-state index contributed by atoms with van der Waals surface area (Å²) in [5, 5.41) is 7.31. The number of carbonyl (C=O) groups is 1. The van der Waals surface area contributed by atoms with Crippen LogP contribution in [-0.4, -0.2) is 29.1 Å². The number of amides is 1. The van der Waals surface area contributed by atoms with Crippen molar-refractivity contribution in [2.75, 3.05) is 6.54 Å². The van der Waals surface area contributed by atoms with Gasteiger partial charge in [0.05, 0.1) is 5.56 Å². The Morgan fingerprint density at radius 1 is 1.29 bits per heavy atom. The van der Waals surface area contributed by atoms with E-state index in [1.165, 1.54) is 0 Å². The first kappa shape index (κ1) is 17.1. The maximum Gasteiger partial charge on any atom is 0.253 e. The van der Waals surface area contributed by atoms with Crippen LogP contribution >= 0.6 is 11.6 Å². The van der Waals surface area contributed by atoms with E-state index in [9.17, 15) is 4.79 Å². The van der Waals surface area contributed by atoms with Crippen molar-refractivity contribution in [2.24, 2.45) is 0 Å². The zero-order valence-corrected chi connectivity index (χ0v) is 15.2. The van der Waals surface area contributed by atoms with Crippen molar-refractivity contribution in [3.63, 3.8) is 0 Å². The molecule has 2 atom stereocenters. The minimum absolute atomic E-state index is 0.0161. The highest BCUT2D eigenvalue weighted by Crippen LogP contribution is 2.22. The van der Waals surface area contributed by atoms with E-state index in [1.54, 1.807) is 0 Å². The molecule has 1 amide bonds. The Morgan fingerprint density at radius 2 is 2.00 bits per heavy atom. The summed E-state index contributed by atoms with van der Waals surface area (Å²) in [6.07, 6.45) is 1.95. The molecule has 128 valence electrons. The van der Waals surface area contributed by atoms with Gasteiger partial charge in [0, 0.05) is 34.2 Å². The molecule has 2 N–H and O–H groups in total. The van der Waals surface area contributed by atoms with Gasteiger partial charge in [0.2, 0.25) is 0 Å². The van der Waals surface area contributed by atoms with Crippen LogP contribution in [0.1, 0.15) is 41.5 Å². The van der Waals surface area contributed by atoms with Crippen molar-refractivity contribution in [1.82, 2.24) is 15.2 Å². The molecule has 0 aliphatic carbocycles. The average molecular weight is 346 g/mol. The smallest absolute Gasteiger partial charge is 0.253 e. The highest BCUT2D eigenvalue weighted by molar-refractivity contribution is 6.30. The third-order valence-electron chi connectivity index (χ3n) is 4.72. The second kappa shape index (κ2) is 6.99. The second-order valence-electron chi connectivity index (χ2n) is 6.65. The molecule has 1 fully saturated rings. The standard InChI is InChI=1S/C19H24ClN3O/c1-12-10-16(8-9-21-12)22-19(24)18-11-13(2)23(14(18)3)17-6-4-15(20)5-7-17/h4-7,11-12,16,21H,8-10H2,1-3H3,(H,22,24). The van der Waals surface area contributed by atoms with Crippen molar-refractivity contribution in [3.8, 4) is 5.69 Å². The number of hydrogen-bond acceptors (Lipinski definition) is 2. The van der Waals surface area contributed by atoms with Crippen LogP contribution in [0.15, 0.2) is 30.3 Å². The summed E-state index contributed by atoms with van der Waals surface area (Å²) in [7, 11) is 0. The Labute approximate surface area is 148 Å². The van der Waals surface area contributed by atoms with Crippen LogP contribution in [0.25, 0.3) is 5.69 Å². The molecular formula is C19H24ClN3O. The first-order chi connectivity index (χ1) is 11.5. The Kier molecular flexibility index (Phi) is 4.97. The summed E-state index contributed by atoms with van der Waals surface area (Å²) >= 11 is 5.98. The molecule has 0 radical (unpaired) electrons. The average Bonchev–Trinajstić information content (AvgIpc) is 2.83. The fourth-order valence-corrected chi connectivity index (χ4v) is 3.63. The molecule has 1 aromatic heterocycles. The Hall–Kier alpha value is -1.78. The van der Waals surface area contributed by atoms with E-state index in [2.05, 4.69) is 22.1 Å². The molecule has 0 saturated carbocycles. The predicted octanol–water partition coefficient (Wildman–Crippen LogP) is 3.62. The molecule has 2 heterocycles. The van der Waals surface area contributed by atoms with Gasteiger partial charge in [-0.25, -0.2) is 0 Å². The quantitative estimate of drug-likeness (QED) is 0.892. The van der Waals surface area contributed by atoms with Crippen molar-refractivity contribution in [3.05, 3.63) is 52.3 Å². The van der Waals surface area contributed by atoms with E-state index < -0.39 is 0 Å². The number of aryl methyl sites for hydroxylation is 1. The van der Waals surface area contributed by atoms with Gasteiger partial charge in [0.15, 0.2) is 0 Å². The van der Waals surface area contributed by atoms with Gasteiger partial charge in [-0.2, -0.15) is 0 Å². The number of aromatic nitrogens is 1. The van der Waals surface area contributed by atoms with Crippen molar-refractivity contribution >= 4 is 17.5 Å². The lowest BCUT2D eigenvalue weighted by Gasteiger charge is -2.28. The zero-order valence-electron chi connectivity index (χ0n) is 14.4. The summed E-state index contributed by atoms with van der Waals surface area (Å²) in [6, 6.07) is 10.3. The Morgan fingerprint density at radius 3 is 2.67 bits per heavy atom. The minimum atomic E-state index is 0.0161. The summed E-state index contributed by atoms with van der Waals surface area (Å²) < 4.78 is 2.09. The van der Waals surface area contributed by atoms with Crippen LogP contribution in [0.3, 0.4) is 0 Å². The van der Waals surface area contributed by atoms with Crippen LogP contribution < -0.4 is 10.6 Å². The molecule has 1 aromatic carbocycles. The van der Waals surface area contributed by atoms with Gasteiger partial charge >= 0.3 is 0 Å². The highest BCUT2D eigenvalue weighted by atomic mass is 35.5. The number of carbonyl (C=O) groups excluding carboxylic acids is 1. The fourth-order valence-electron chi connectivity index (χ4n) is 3.51. The van der Waals surface area contributed by atoms with E-state index in [4.69, 9.17) is 11.6 Å². The van der Waals surface area contributed by atoms with Gasteiger partial charge in [0.1, 0.15) is 0 Å². The number of benzene rings is 1. The predicted molar refractivity (Wildman–Crippen MR) is 98.2 cm³/mol. The SMILES string of the molecule is Cc1cc(C(=O)NC2CCNC(C)C2)c(C)n1-c1ccc(Cl)cc1. The van der Waals surface area contributed by atoms with Crippen LogP contribution in [0.2, 0.25) is 5.02 Å². The van der Waals surface area contributed by atoms with E-state index in [1.807, 2.05) is 44.2 Å². The van der Waals surface area contributed by atoms with Gasteiger partial charge in [0.25, 0.3) is 5.91 Å². The molecule has 1 aliphatic rings. The number of hydrogen-bond donors (Lipinski definition) is 2. The molecule has 0 spiro atoms. The number of rotatable bonds is 3. The van der Waals surface area contributed by atoms with E-state index >= 15 is 0 Å². The first-order valence-corrected chi connectivity index (χ1v) is 8.82. The van der Waals surface area contributed by atoms with Crippen LogP contribution in [0, 0.1) is 13.8 Å². The molecule has 3 rings (SSSR count). The molecule has 24 heavy (non-hydrogen) atoms. The molecule has 5 heteroatoms. The molecule has 0 bridgehead atoms. The molecular weight excluding hydrogens is 322 g/mol. The van der Waals surface area contributed by atoms with E-state index in [-0.39, 0.29) is 11.9 Å². The molecule has 4 nitrogen and oxygen atoms in total. The third kappa shape index (κ3) is 3.50. The highest BCUT2D eigenvalue weighted by Gasteiger charge is 2.23. The molecule has 1 aliphatic heterocycles. The van der Waals surface area contributed by atoms with Crippen LogP contribution in [0.5, 0.6) is 0 Å². The van der Waals surface area contributed by atoms with Crippen LogP contribution in [-0.2, 0) is 0 Å². The van der Waals surface area contributed by atoms with Crippen molar-refractivity contribution in [1.29, 1.82) is 0 Å². The number of piperidine rings is 1. The second-order valence-corrected chi connectivity index (χ2v) is 7.08. The Bertz CT molecular complexity index is 736. The van der Waals surface area contributed by atoms with Crippen molar-refractivity contribution in [2.45, 2.75) is 45.7 Å². The van der Waals surface area contributed by atoms with E-state index in [0.29, 0.717) is 11.1 Å². The largest absolute Gasteiger partial charge is 0.349 e. The number of halogens is 1.